The van der Waals surface area contributed by atoms with Gasteiger partial charge in [-0.05, 0) is 38.6 Å². The third-order valence-corrected chi connectivity index (χ3v) is 4.68. The zero-order valence-electron chi connectivity index (χ0n) is 14.6. The third-order valence-electron chi connectivity index (χ3n) is 4.24. The molecule has 0 spiro atoms. The van der Waals surface area contributed by atoms with Gasteiger partial charge in [0, 0.05) is 45.8 Å². The molecule has 1 aliphatic rings. The Kier molecular flexibility index (Phi) is 13.2. The minimum Gasteiger partial charge on any atom is -0.381 e. The maximum atomic E-state index is 12.2. The molecule has 0 atom stereocenters. The van der Waals surface area contributed by atoms with Gasteiger partial charge in [0.25, 0.3) is 0 Å². The second kappa shape index (κ2) is 14.4. The number of halogens is 1. The van der Waals surface area contributed by atoms with E-state index in [9.17, 15) is 4.79 Å². The molecule has 0 bridgehead atoms. The van der Waals surface area contributed by atoms with E-state index in [0.29, 0.717) is 18.9 Å². The molecule has 0 aromatic rings. The second-order valence-electron chi connectivity index (χ2n) is 6.17. The molecule has 0 unspecified atom stereocenters. The molecule has 0 radical (unpaired) electrons. The highest BCUT2D eigenvalue weighted by atomic mass is 127. The lowest BCUT2D eigenvalue weighted by atomic mass is 10.2. The van der Waals surface area contributed by atoms with Crippen LogP contribution in [-0.2, 0) is 12.6 Å². The number of carbonyl (C=O) groups is 1. The van der Waals surface area contributed by atoms with Gasteiger partial charge in [0.2, 0.25) is 5.91 Å². The molecular weight excluding hydrogens is 407 g/mol. The number of rotatable bonds is 13. The van der Waals surface area contributed by atoms with Crippen LogP contribution in [0.1, 0.15) is 51.9 Å². The molecule has 136 valence electrons. The van der Waals surface area contributed by atoms with E-state index in [1.807, 2.05) is 27.9 Å². The van der Waals surface area contributed by atoms with E-state index < -0.39 is 0 Å². The molecule has 0 aromatic heterocycles. The lowest BCUT2D eigenvalue weighted by Crippen LogP contribution is -2.48. The summed E-state index contributed by atoms with van der Waals surface area (Å²) in [6, 6.07) is 0. The summed E-state index contributed by atoms with van der Waals surface area (Å²) in [5.41, 5.74) is 0. The van der Waals surface area contributed by atoms with E-state index in [0.717, 1.165) is 71.6 Å². The van der Waals surface area contributed by atoms with E-state index in [4.69, 9.17) is 7.80 Å². The molecule has 1 fully saturated rings. The van der Waals surface area contributed by atoms with Crippen LogP contribution in [0.3, 0.4) is 0 Å². The molecule has 0 aliphatic carbocycles. The first-order valence-electron chi connectivity index (χ1n) is 9.09. The zero-order valence-corrected chi connectivity index (χ0v) is 16.8. The van der Waals surface area contributed by atoms with E-state index >= 15 is 0 Å². The van der Waals surface area contributed by atoms with Gasteiger partial charge in [0.1, 0.15) is 23.0 Å². The van der Waals surface area contributed by atoms with Gasteiger partial charge in [-0.3, -0.25) is 9.69 Å². The molecule has 0 N–H and O–H groups in total. The molecule has 6 heteroatoms. The molecule has 1 saturated heterocycles. The number of carbonyl (C=O) groups excluding carboxylic acids is 1. The molecular formula is C17H33IN2O3. The zero-order chi connectivity index (χ0) is 16.8. The van der Waals surface area contributed by atoms with E-state index in [1.54, 1.807) is 0 Å². The summed E-state index contributed by atoms with van der Waals surface area (Å²) in [4.78, 5) is 16.7. The largest absolute Gasteiger partial charge is 0.381 e. The van der Waals surface area contributed by atoms with Crippen molar-refractivity contribution in [1.29, 1.82) is 0 Å². The van der Waals surface area contributed by atoms with Crippen LogP contribution in [0.25, 0.3) is 0 Å². The van der Waals surface area contributed by atoms with Crippen LogP contribution in [0.2, 0.25) is 0 Å². The van der Waals surface area contributed by atoms with Gasteiger partial charge in [-0.15, -0.1) is 0 Å². The lowest BCUT2D eigenvalue weighted by Gasteiger charge is -2.34. The highest BCUT2D eigenvalue weighted by Crippen LogP contribution is 2.08. The molecule has 0 saturated carbocycles. The van der Waals surface area contributed by atoms with E-state index in [2.05, 4.69) is 11.8 Å². The molecule has 0 aromatic carbocycles. The van der Waals surface area contributed by atoms with Gasteiger partial charge in [0.15, 0.2) is 0 Å². The summed E-state index contributed by atoms with van der Waals surface area (Å²) in [5, 5.41) is 0. The summed E-state index contributed by atoms with van der Waals surface area (Å²) in [5.74, 6) is 0.294. The number of nitrogens with zero attached hydrogens (tertiary/aromatic N) is 2. The monoisotopic (exact) mass is 440 g/mol. The maximum Gasteiger partial charge on any atom is 0.222 e. The van der Waals surface area contributed by atoms with E-state index in [-0.39, 0.29) is 0 Å². The first-order valence-corrected chi connectivity index (χ1v) is 9.97. The van der Waals surface area contributed by atoms with Crippen molar-refractivity contribution in [3.63, 3.8) is 0 Å². The third kappa shape index (κ3) is 10.5. The van der Waals surface area contributed by atoms with Gasteiger partial charge in [-0.2, -0.15) is 0 Å². The smallest absolute Gasteiger partial charge is 0.222 e. The summed E-state index contributed by atoms with van der Waals surface area (Å²) in [6.07, 6.45) is 7.34. The lowest BCUT2D eigenvalue weighted by molar-refractivity contribution is -0.133. The van der Waals surface area contributed by atoms with Crippen molar-refractivity contribution >= 4 is 28.9 Å². The predicted octanol–water partition coefficient (Wildman–Crippen LogP) is 3.26. The van der Waals surface area contributed by atoms with Crippen LogP contribution in [0.15, 0.2) is 0 Å². The van der Waals surface area contributed by atoms with Crippen LogP contribution in [-0.4, -0.2) is 68.3 Å². The fourth-order valence-corrected chi connectivity index (χ4v) is 3.03. The Morgan fingerprint density at radius 3 is 2.39 bits per heavy atom. The molecule has 23 heavy (non-hydrogen) atoms. The van der Waals surface area contributed by atoms with E-state index in [1.165, 1.54) is 12.8 Å². The number of hydrogen-bond donors (Lipinski definition) is 0. The Hall–Kier alpha value is 0.0800. The fraction of sp³-hybridized carbons (Fsp3) is 0.941. The van der Waals surface area contributed by atoms with Crippen molar-refractivity contribution in [2.45, 2.75) is 51.9 Å². The molecule has 1 amide bonds. The number of piperazine rings is 1. The number of ether oxygens (including phenoxy) is 1. The molecule has 5 nitrogen and oxygen atoms in total. The highest BCUT2D eigenvalue weighted by molar-refractivity contribution is 14.1. The van der Waals surface area contributed by atoms with Crippen LogP contribution < -0.4 is 0 Å². The maximum absolute atomic E-state index is 12.2. The average molecular weight is 440 g/mol. The van der Waals surface area contributed by atoms with Gasteiger partial charge in [0.05, 0.1) is 6.61 Å². The number of unbranched alkanes of at least 4 members (excludes halogenated alkanes) is 3. The Morgan fingerprint density at radius 2 is 1.70 bits per heavy atom. The SMILES string of the molecule is CCCCOCCCC(=O)N1CCN(CCCCCOI)CC1. The predicted molar refractivity (Wildman–Crippen MR) is 102 cm³/mol. The Labute approximate surface area is 155 Å². The van der Waals surface area contributed by atoms with Crippen molar-refractivity contribution < 1.29 is 12.6 Å². The van der Waals surface area contributed by atoms with Gasteiger partial charge < -0.3 is 12.7 Å². The van der Waals surface area contributed by atoms with Crippen molar-refractivity contribution in [1.82, 2.24) is 9.80 Å². The van der Waals surface area contributed by atoms with Crippen molar-refractivity contribution in [2.75, 3.05) is 52.5 Å². The first kappa shape index (κ1) is 21.1. The Balaban J connectivity index is 2.00. The molecule has 1 rings (SSSR count). The first-order chi connectivity index (χ1) is 11.3. The summed E-state index contributed by atoms with van der Waals surface area (Å²) in [6.45, 7) is 9.49. The Bertz CT molecular complexity index is 298. The summed E-state index contributed by atoms with van der Waals surface area (Å²) >= 11 is 1.95. The minimum absolute atomic E-state index is 0.294. The van der Waals surface area contributed by atoms with Crippen LogP contribution in [0.5, 0.6) is 0 Å². The van der Waals surface area contributed by atoms with Crippen molar-refractivity contribution in [2.24, 2.45) is 0 Å². The number of amides is 1. The van der Waals surface area contributed by atoms with Gasteiger partial charge >= 0.3 is 0 Å². The van der Waals surface area contributed by atoms with Gasteiger partial charge in [-0.1, -0.05) is 13.3 Å². The summed E-state index contributed by atoms with van der Waals surface area (Å²) in [7, 11) is 0. The van der Waals surface area contributed by atoms with Crippen LogP contribution in [0.4, 0.5) is 0 Å². The second-order valence-corrected chi connectivity index (χ2v) is 6.79. The van der Waals surface area contributed by atoms with Crippen LogP contribution in [0, 0.1) is 0 Å². The highest BCUT2D eigenvalue weighted by Gasteiger charge is 2.20. The van der Waals surface area contributed by atoms with Crippen molar-refractivity contribution in [3.05, 3.63) is 0 Å². The minimum atomic E-state index is 0.294. The molecule has 1 aliphatic heterocycles. The fourth-order valence-electron chi connectivity index (χ4n) is 2.72. The quantitative estimate of drug-likeness (QED) is 0.326. The van der Waals surface area contributed by atoms with Gasteiger partial charge in [-0.25, -0.2) is 0 Å². The Morgan fingerprint density at radius 1 is 0.957 bits per heavy atom. The standard InChI is InChI=1S/C17H33IN2O3/c1-2-3-14-22-15-7-8-17(21)20-12-10-19(11-13-20)9-5-4-6-16-23-18/h2-16H2,1H3. The average Bonchev–Trinajstić information content (AvgIpc) is 2.58. The van der Waals surface area contributed by atoms with Crippen molar-refractivity contribution in [3.8, 4) is 0 Å². The normalized spacial score (nSPS) is 16.0. The topological polar surface area (TPSA) is 42.0 Å². The summed E-state index contributed by atoms with van der Waals surface area (Å²) < 4.78 is 10.5. The van der Waals surface area contributed by atoms with Crippen LogP contribution >= 0.6 is 23.0 Å². The number of hydrogen-bond acceptors (Lipinski definition) is 4. The molecule has 1 heterocycles.